The van der Waals surface area contributed by atoms with E-state index in [9.17, 15) is 4.79 Å². The number of methoxy groups -OCH3 is 1. The Morgan fingerprint density at radius 2 is 1.95 bits per heavy atom. The first kappa shape index (κ1) is 29.8. The first-order chi connectivity index (χ1) is 17.9. The molecule has 0 saturated heterocycles. The third-order valence-corrected chi connectivity index (χ3v) is 9.05. The van der Waals surface area contributed by atoms with Crippen LogP contribution in [0.4, 0.5) is 4.79 Å². The van der Waals surface area contributed by atoms with E-state index in [-0.39, 0.29) is 6.04 Å². The molecule has 1 aromatic rings. The summed E-state index contributed by atoms with van der Waals surface area (Å²) in [7, 11) is 5.87. The van der Waals surface area contributed by atoms with Gasteiger partial charge in [0.2, 0.25) is 5.72 Å². The Labute approximate surface area is 229 Å². The van der Waals surface area contributed by atoms with Crippen molar-refractivity contribution in [3.05, 3.63) is 35.9 Å². The standard InChI is InChI=1S/C30H49N3O3S/c1-6-7-20-33-23-31-30(19-21-37-5,36-29(34)35-4)28(33)22-25-13-16-26(17-14-25)27(32(2)3)18-15-24-11-9-8-10-12-24/h8-12,23,25-28H,6-7,13-22H2,1-5H3. The lowest BCUT2D eigenvalue weighted by molar-refractivity contribution is -0.0589. The molecule has 3 unspecified atom stereocenters. The Kier molecular flexibility index (Phi) is 12.1. The largest absolute Gasteiger partial charge is 0.510 e. The molecule has 1 heterocycles. The lowest BCUT2D eigenvalue weighted by Crippen LogP contribution is -2.50. The molecule has 6 nitrogen and oxygen atoms in total. The van der Waals surface area contributed by atoms with Gasteiger partial charge in [-0.2, -0.15) is 11.8 Å². The number of aliphatic imine (C=N–C) groups is 1. The van der Waals surface area contributed by atoms with E-state index >= 15 is 0 Å². The van der Waals surface area contributed by atoms with Crippen LogP contribution in [0.5, 0.6) is 0 Å². The highest BCUT2D eigenvalue weighted by Gasteiger charge is 2.49. The van der Waals surface area contributed by atoms with Gasteiger partial charge in [0, 0.05) is 19.0 Å². The summed E-state index contributed by atoms with van der Waals surface area (Å²) in [5.41, 5.74) is 0.589. The minimum absolute atomic E-state index is 0.0783. The van der Waals surface area contributed by atoms with Crippen molar-refractivity contribution in [1.29, 1.82) is 0 Å². The van der Waals surface area contributed by atoms with Crippen LogP contribution >= 0.6 is 11.8 Å². The summed E-state index contributed by atoms with van der Waals surface area (Å²) in [4.78, 5) is 21.9. The van der Waals surface area contributed by atoms with Gasteiger partial charge in [0.05, 0.1) is 19.5 Å². The van der Waals surface area contributed by atoms with Crippen LogP contribution in [-0.2, 0) is 15.9 Å². The quantitative estimate of drug-likeness (QED) is 0.256. The highest BCUT2D eigenvalue weighted by Crippen LogP contribution is 2.41. The van der Waals surface area contributed by atoms with Crippen molar-refractivity contribution < 1.29 is 14.3 Å². The summed E-state index contributed by atoms with van der Waals surface area (Å²) in [5.74, 6) is 2.25. The van der Waals surface area contributed by atoms with E-state index in [1.54, 1.807) is 11.8 Å². The van der Waals surface area contributed by atoms with Gasteiger partial charge >= 0.3 is 6.16 Å². The normalized spacial score (nSPS) is 26.4. The topological polar surface area (TPSA) is 54.4 Å². The molecular formula is C30H49N3O3S. The van der Waals surface area contributed by atoms with Crippen LogP contribution in [0.15, 0.2) is 35.3 Å². The molecule has 37 heavy (non-hydrogen) atoms. The minimum atomic E-state index is -0.845. The third kappa shape index (κ3) is 8.38. The monoisotopic (exact) mass is 531 g/mol. The number of benzene rings is 1. The number of rotatable bonds is 14. The number of hydrogen-bond acceptors (Lipinski definition) is 7. The number of thioether (sulfide) groups is 1. The number of carbonyl (C=O) groups is 1. The Hall–Kier alpha value is -1.73. The van der Waals surface area contributed by atoms with Crippen LogP contribution in [-0.4, -0.2) is 79.9 Å². The Balaban J connectivity index is 1.65. The van der Waals surface area contributed by atoms with Gasteiger partial charge in [-0.1, -0.05) is 56.5 Å². The van der Waals surface area contributed by atoms with E-state index in [2.05, 4.69) is 67.4 Å². The number of ether oxygens (including phenoxy) is 2. The van der Waals surface area contributed by atoms with Crippen LogP contribution in [0.25, 0.3) is 0 Å². The average Bonchev–Trinajstić information content (AvgIpc) is 3.23. The lowest BCUT2D eigenvalue weighted by atomic mass is 9.74. The molecule has 1 aliphatic carbocycles. The van der Waals surface area contributed by atoms with Gasteiger partial charge in [-0.15, -0.1) is 0 Å². The second kappa shape index (κ2) is 15.0. The number of carbonyl (C=O) groups excluding carboxylic acids is 1. The number of hydrogen-bond donors (Lipinski definition) is 0. The van der Waals surface area contributed by atoms with Crippen LogP contribution in [0.1, 0.15) is 70.3 Å². The molecule has 1 saturated carbocycles. The third-order valence-electron chi connectivity index (χ3n) is 8.43. The average molecular weight is 532 g/mol. The molecule has 0 bridgehead atoms. The number of nitrogens with zero attached hydrogens (tertiary/aromatic N) is 3. The summed E-state index contributed by atoms with van der Waals surface area (Å²) in [6.07, 6.45) is 14.7. The highest BCUT2D eigenvalue weighted by molar-refractivity contribution is 7.98. The van der Waals surface area contributed by atoms with E-state index in [1.165, 1.54) is 44.8 Å². The van der Waals surface area contributed by atoms with Crippen LogP contribution in [0.2, 0.25) is 0 Å². The van der Waals surface area contributed by atoms with Crippen LogP contribution in [0.3, 0.4) is 0 Å². The maximum atomic E-state index is 12.3. The van der Waals surface area contributed by atoms with Crippen molar-refractivity contribution in [3.8, 4) is 0 Å². The summed E-state index contributed by atoms with van der Waals surface area (Å²) >= 11 is 1.77. The smallest absolute Gasteiger partial charge is 0.438 e. The van der Waals surface area contributed by atoms with E-state index in [4.69, 9.17) is 14.5 Å². The van der Waals surface area contributed by atoms with Crippen molar-refractivity contribution >= 4 is 24.3 Å². The van der Waals surface area contributed by atoms with Crippen molar-refractivity contribution in [2.24, 2.45) is 16.8 Å². The van der Waals surface area contributed by atoms with Crippen molar-refractivity contribution in [2.45, 2.75) is 88.9 Å². The van der Waals surface area contributed by atoms with Gasteiger partial charge in [-0.25, -0.2) is 9.79 Å². The van der Waals surface area contributed by atoms with Gasteiger partial charge in [-0.05, 0) is 82.0 Å². The Bertz CT molecular complexity index is 829. The van der Waals surface area contributed by atoms with Gasteiger partial charge in [-0.3, -0.25) is 0 Å². The second-order valence-corrected chi connectivity index (χ2v) is 12.1. The fourth-order valence-corrected chi connectivity index (χ4v) is 6.78. The maximum Gasteiger partial charge on any atom is 0.510 e. The molecule has 3 rings (SSSR count). The summed E-state index contributed by atoms with van der Waals surface area (Å²) in [5, 5.41) is 0. The first-order valence-corrected chi connectivity index (χ1v) is 15.6. The fraction of sp³-hybridized carbons (Fsp3) is 0.733. The predicted molar refractivity (Wildman–Crippen MR) is 155 cm³/mol. The molecular weight excluding hydrogens is 482 g/mol. The van der Waals surface area contributed by atoms with Crippen molar-refractivity contribution in [2.75, 3.05) is 39.8 Å². The molecule has 2 aliphatic rings. The maximum absolute atomic E-state index is 12.3. The van der Waals surface area contributed by atoms with Crippen LogP contribution in [0, 0.1) is 11.8 Å². The zero-order valence-electron chi connectivity index (χ0n) is 23.7. The number of aryl methyl sites for hydroxylation is 1. The van der Waals surface area contributed by atoms with Gasteiger partial charge < -0.3 is 19.3 Å². The summed E-state index contributed by atoms with van der Waals surface area (Å²) in [6.45, 7) is 3.17. The molecule has 1 aliphatic heterocycles. The number of unbranched alkanes of at least 4 members (excludes halogenated alkanes) is 1. The van der Waals surface area contributed by atoms with E-state index in [1.807, 2.05) is 6.34 Å². The van der Waals surface area contributed by atoms with Gasteiger partial charge in [0.15, 0.2) is 0 Å². The van der Waals surface area contributed by atoms with E-state index < -0.39 is 11.9 Å². The van der Waals surface area contributed by atoms with Gasteiger partial charge in [0.1, 0.15) is 0 Å². The first-order valence-electron chi connectivity index (χ1n) is 14.2. The molecule has 1 aromatic carbocycles. The fourth-order valence-electron chi connectivity index (χ4n) is 6.28. The molecule has 7 heteroatoms. The Morgan fingerprint density at radius 3 is 2.57 bits per heavy atom. The molecule has 0 amide bonds. The Morgan fingerprint density at radius 1 is 1.22 bits per heavy atom. The van der Waals surface area contributed by atoms with E-state index in [0.717, 1.165) is 43.9 Å². The van der Waals surface area contributed by atoms with Gasteiger partial charge in [0.25, 0.3) is 0 Å². The molecule has 1 fully saturated rings. The van der Waals surface area contributed by atoms with E-state index in [0.29, 0.717) is 18.4 Å². The summed E-state index contributed by atoms with van der Waals surface area (Å²) in [6, 6.07) is 11.6. The highest BCUT2D eigenvalue weighted by atomic mass is 32.2. The molecule has 3 atom stereocenters. The zero-order valence-corrected chi connectivity index (χ0v) is 24.5. The molecule has 208 valence electrons. The lowest BCUT2D eigenvalue weighted by Gasteiger charge is -2.41. The minimum Gasteiger partial charge on any atom is -0.438 e. The molecule has 0 spiro atoms. The van der Waals surface area contributed by atoms with Crippen molar-refractivity contribution in [3.63, 3.8) is 0 Å². The SMILES string of the molecule is CCCCN1C=NC(CCSC)(OC(=O)OC)C1CC1CCC(C(CCc2ccccc2)N(C)C)CC1. The predicted octanol–water partition coefficient (Wildman–Crippen LogP) is 6.49. The second-order valence-electron chi connectivity index (χ2n) is 11.1. The zero-order chi connectivity index (χ0) is 26.7. The molecule has 0 aromatic heterocycles. The molecule has 0 N–H and O–H groups in total. The van der Waals surface area contributed by atoms with Crippen LogP contribution < -0.4 is 0 Å². The summed E-state index contributed by atoms with van der Waals surface area (Å²) < 4.78 is 10.9. The van der Waals surface area contributed by atoms with Crippen molar-refractivity contribution in [1.82, 2.24) is 9.80 Å². The molecule has 0 radical (unpaired) electrons.